The number of nitrogens with one attached hydrogen (secondary N) is 2. The van der Waals surface area contributed by atoms with Crippen LogP contribution in [0.5, 0.6) is 0 Å². The summed E-state index contributed by atoms with van der Waals surface area (Å²) in [5.74, 6) is -0.340. The number of hydrogen-bond acceptors (Lipinski definition) is 3. The zero-order valence-electron chi connectivity index (χ0n) is 11.3. The van der Waals surface area contributed by atoms with Gasteiger partial charge in [0.1, 0.15) is 0 Å². The molecule has 0 amide bonds. The number of hydrogen-bond donors (Lipinski definition) is 2. The van der Waals surface area contributed by atoms with Gasteiger partial charge in [-0.1, -0.05) is 15.9 Å². The molecule has 4 nitrogen and oxygen atoms in total. The standard InChI is InChI=1S/C16H13BrN2O2/c1-21-16(20)10-2-7-14-13(8-10)15(9-18-14)19-12-5-3-11(17)4-6-12/h2-9,18-19H,1H3. The van der Waals surface area contributed by atoms with Crippen LogP contribution in [0.15, 0.2) is 53.1 Å². The van der Waals surface area contributed by atoms with Crippen molar-refractivity contribution in [1.29, 1.82) is 0 Å². The van der Waals surface area contributed by atoms with Crippen LogP contribution in [0.3, 0.4) is 0 Å². The minimum atomic E-state index is -0.340. The van der Waals surface area contributed by atoms with Gasteiger partial charge < -0.3 is 15.0 Å². The lowest BCUT2D eigenvalue weighted by Gasteiger charge is -2.06. The number of fused-ring (bicyclic) bond motifs is 1. The summed E-state index contributed by atoms with van der Waals surface area (Å²) in [6.45, 7) is 0. The van der Waals surface area contributed by atoms with Gasteiger partial charge in [-0.05, 0) is 42.5 Å². The first-order chi connectivity index (χ1) is 10.2. The number of methoxy groups -OCH3 is 1. The normalized spacial score (nSPS) is 10.6. The molecule has 5 heteroatoms. The van der Waals surface area contributed by atoms with Gasteiger partial charge in [0.05, 0.1) is 18.4 Å². The number of aromatic nitrogens is 1. The van der Waals surface area contributed by atoms with Gasteiger partial charge in [-0.3, -0.25) is 0 Å². The van der Waals surface area contributed by atoms with Crippen LogP contribution < -0.4 is 5.32 Å². The van der Waals surface area contributed by atoms with Gasteiger partial charge in [0.15, 0.2) is 0 Å². The van der Waals surface area contributed by atoms with Crippen LogP contribution in [-0.4, -0.2) is 18.1 Å². The van der Waals surface area contributed by atoms with Crippen molar-refractivity contribution in [2.24, 2.45) is 0 Å². The molecule has 0 radical (unpaired) electrons. The Labute approximate surface area is 130 Å². The van der Waals surface area contributed by atoms with Crippen LogP contribution in [0.2, 0.25) is 0 Å². The Kier molecular flexibility index (Phi) is 3.66. The van der Waals surface area contributed by atoms with Crippen molar-refractivity contribution >= 4 is 44.2 Å². The topological polar surface area (TPSA) is 54.1 Å². The summed E-state index contributed by atoms with van der Waals surface area (Å²) < 4.78 is 5.79. The van der Waals surface area contributed by atoms with E-state index in [4.69, 9.17) is 4.74 Å². The summed E-state index contributed by atoms with van der Waals surface area (Å²) in [4.78, 5) is 14.8. The lowest BCUT2D eigenvalue weighted by Crippen LogP contribution is -2.00. The smallest absolute Gasteiger partial charge is 0.337 e. The van der Waals surface area contributed by atoms with Crippen molar-refractivity contribution in [2.75, 3.05) is 12.4 Å². The summed E-state index contributed by atoms with van der Waals surface area (Å²) in [6, 6.07) is 13.3. The van der Waals surface area contributed by atoms with Crippen molar-refractivity contribution in [3.8, 4) is 0 Å². The number of rotatable bonds is 3. The Bertz CT molecular complexity index is 794. The molecular formula is C16H13BrN2O2. The van der Waals surface area contributed by atoms with Gasteiger partial charge in [0.25, 0.3) is 0 Å². The molecule has 0 aliphatic rings. The SMILES string of the molecule is COC(=O)c1ccc2[nH]cc(Nc3ccc(Br)cc3)c2c1. The van der Waals surface area contributed by atoms with Gasteiger partial charge in [0.2, 0.25) is 0 Å². The summed E-state index contributed by atoms with van der Waals surface area (Å²) in [6.07, 6.45) is 1.88. The number of carbonyl (C=O) groups is 1. The highest BCUT2D eigenvalue weighted by Gasteiger charge is 2.09. The molecule has 2 aromatic carbocycles. The first-order valence-corrected chi connectivity index (χ1v) is 7.19. The Hall–Kier alpha value is -2.27. The molecule has 3 rings (SSSR count). The summed E-state index contributed by atoms with van der Waals surface area (Å²) >= 11 is 3.41. The fourth-order valence-electron chi connectivity index (χ4n) is 2.16. The van der Waals surface area contributed by atoms with Crippen molar-refractivity contribution in [3.63, 3.8) is 0 Å². The fraction of sp³-hybridized carbons (Fsp3) is 0.0625. The number of benzene rings is 2. The lowest BCUT2D eigenvalue weighted by atomic mass is 10.1. The van der Waals surface area contributed by atoms with Crippen LogP contribution in [0, 0.1) is 0 Å². The zero-order valence-corrected chi connectivity index (χ0v) is 12.9. The first kappa shape index (κ1) is 13.7. The van der Waals surface area contributed by atoms with E-state index in [1.807, 2.05) is 42.6 Å². The van der Waals surface area contributed by atoms with Gasteiger partial charge >= 0.3 is 5.97 Å². The van der Waals surface area contributed by atoms with Crippen LogP contribution in [0.4, 0.5) is 11.4 Å². The maximum atomic E-state index is 11.6. The molecule has 21 heavy (non-hydrogen) atoms. The van der Waals surface area contributed by atoms with E-state index in [2.05, 4.69) is 26.2 Å². The second-order valence-electron chi connectivity index (χ2n) is 4.59. The molecule has 1 aromatic heterocycles. The van der Waals surface area contributed by atoms with E-state index in [0.29, 0.717) is 5.56 Å². The Balaban J connectivity index is 1.98. The highest BCUT2D eigenvalue weighted by atomic mass is 79.9. The van der Waals surface area contributed by atoms with E-state index >= 15 is 0 Å². The Morgan fingerprint density at radius 2 is 1.95 bits per heavy atom. The van der Waals surface area contributed by atoms with Gasteiger partial charge in [-0.25, -0.2) is 4.79 Å². The van der Waals surface area contributed by atoms with E-state index in [9.17, 15) is 4.79 Å². The van der Waals surface area contributed by atoms with E-state index in [-0.39, 0.29) is 5.97 Å². The zero-order chi connectivity index (χ0) is 14.8. The van der Waals surface area contributed by atoms with Gasteiger partial charge in [-0.15, -0.1) is 0 Å². The predicted octanol–water partition coefficient (Wildman–Crippen LogP) is 4.46. The second-order valence-corrected chi connectivity index (χ2v) is 5.50. The average molecular weight is 345 g/mol. The van der Waals surface area contributed by atoms with E-state index < -0.39 is 0 Å². The van der Waals surface area contributed by atoms with Crippen molar-refractivity contribution in [2.45, 2.75) is 0 Å². The Morgan fingerprint density at radius 3 is 2.67 bits per heavy atom. The van der Waals surface area contributed by atoms with Crippen molar-refractivity contribution in [3.05, 3.63) is 58.7 Å². The second kappa shape index (κ2) is 5.61. The van der Waals surface area contributed by atoms with Crippen LogP contribution in [-0.2, 0) is 4.74 Å². The summed E-state index contributed by atoms with van der Waals surface area (Å²) in [5.41, 5.74) is 3.38. The minimum absolute atomic E-state index is 0.340. The highest BCUT2D eigenvalue weighted by Crippen LogP contribution is 2.28. The molecule has 3 aromatic rings. The quantitative estimate of drug-likeness (QED) is 0.689. The average Bonchev–Trinajstić information content (AvgIpc) is 2.91. The van der Waals surface area contributed by atoms with Crippen LogP contribution >= 0.6 is 15.9 Å². The van der Waals surface area contributed by atoms with Crippen LogP contribution in [0.25, 0.3) is 10.9 Å². The number of ether oxygens (including phenoxy) is 1. The number of anilines is 2. The lowest BCUT2D eigenvalue weighted by molar-refractivity contribution is 0.0601. The van der Waals surface area contributed by atoms with E-state index in [0.717, 1.165) is 26.8 Å². The number of H-pyrrole nitrogens is 1. The maximum Gasteiger partial charge on any atom is 0.337 e. The molecule has 1 heterocycles. The van der Waals surface area contributed by atoms with Crippen LogP contribution in [0.1, 0.15) is 10.4 Å². The molecule has 0 fully saturated rings. The number of esters is 1. The monoisotopic (exact) mass is 344 g/mol. The van der Waals surface area contributed by atoms with E-state index in [1.165, 1.54) is 7.11 Å². The fourth-order valence-corrected chi connectivity index (χ4v) is 2.42. The molecular weight excluding hydrogens is 332 g/mol. The van der Waals surface area contributed by atoms with Crippen molar-refractivity contribution < 1.29 is 9.53 Å². The number of aromatic amines is 1. The highest BCUT2D eigenvalue weighted by molar-refractivity contribution is 9.10. The molecule has 0 spiro atoms. The molecule has 0 atom stereocenters. The summed E-state index contributed by atoms with van der Waals surface area (Å²) in [7, 11) is 1.38. The van der Waals surface area contributed by atoms with Gasteiger partial charge in [0, 0.05) is 27.3 Å². The van der Waals surface area contributed by atoms with Crippen molar-refractivity contribution in [1.82, 2.24) is 4.98 Å². The number of halogens is 1. The molecule has 106 valence electrons. The molecule has 0 unspecified atom stereocenters. The largest absolute Gasteiger partial charge is 0.465 e. The predicted molar refractivity (Wildman–Crippen MR) is 87.1 cm³/mol. The van der Waals surface area contributed by atoms with Gasteiger partial charge in [-0.2, -0.15) is 0 Å². The molecule has 0 saturated heterocycles. The summed E-state index contributed by atoms with van der Waals surface area (Å²) in [5, 5.41) is 4.28. The molecule has 0 aliphatic carbocycles. The molecule has 2 N–H and O–H groups in total. The third-order valence-electron chi connectivity index (χ3n) is 3.23. The first-order valence-electron chi connectivity index (χ1n) is 6.39. The molecule has 0 saturated carbocycles. The minimum Gasteiger partial charge on any atom is -0.465 e. The molecule has 0 aliphatic heterocycles. The Morgan fingerprint density at radius 1 is 1.19 bits per heavy atom. The maximum absolute atomic E-state index is 11.6. The molecule has 0 bridgehead atoms. The third-order valence-corrected chi connectivity index (χ3v) is 3.75. The number of carbonyl (C=O) groups excluding carboxylic acids is 1. The van der Waals surface area contributed by atoms with E-state index in [1.54, 1.807) is 6.07 Å². The third kappa shape index (κ3) is 2.78.